The van der Waals surface area contributed by atoms with Crippen molar-refractivity contribution in [2.45, 2.75) is 19.4 Å². The molecule has 0 fully saturated rings. The number of nitrogens with zero attached hydrogens (tertiary/aromatic N) is 3. The summed E-state index contributed by atoms with van der Waals surface area (Å²) in [5, 5.41) is 7.55. The number of aromatic nitrogens is 3. The number of carbonyl (C=O) groups excluding carboxylic acids is 1. The van der Waals surface area contributed by atoms with Crippen molar-refractivity contribution < 1.29 is 31.5 Å². The molecule has 0 aliphatic carbocycles. The van der Waals surface area contributed by atoms with Crippen LogP contribution in [0.5, 0.6) is 5.75 Å². The topological polar surface area (TPSA) is 57.0 Å². The molecule has 5 nitrogen and oxygen atoms in total. The second-order valence-corrected chi connectivity index (χ2v) is 5.44. The lowest BCUT2D eigenvalue weighted by Crippen LogP contribution is -2.15. The number of esters is 1. The summed E-state index contributed by atoms with van der Waals surface area (Å²) in [7, 11) is 0. The Bertz CT molecular complexity index is 924. The fraction of sp³-hybridized carbons (Fsp3) is 0.167. The third kappa shape index (κ3) is 4.51. The molecule has 0 unspecified atom stereocenters. The van der Waals surface area contributed by atoms with Gasteiger partial charge in [-0.15, -0.1) is 5.10 Å². The van der Waals surface area contributed by atoms with Gasteiger partial charge in [0, 0.05) is 6.42 Å². The molecule has 0 atom stereocenters. The van der Waals surface area contributed by atoms with E-state index in [0.29, 0.717) is 5.69 Å². The highest BCUT2D eigenvalue weighted by Crippen LogP contribution is 2.29. The van der Waals surface area contributed by atoms with Crippen LogP contribution < -0.4 is 4.74 Å². The van der Waals surface area contributed by atoms with Crippen LogP contribution in [-0.2, 0) is 17.8 Å². The zero-order valence-electron chi connectivity index (χ0n) is 14.4. The number of rotatable bonds is 8. The highest BCUT2D eigenvalue weighted by molar-refractivity contribution is 5.72. The minimum Gasteiger partial charge on any atom is -0.420 e. The molecule has 0 amide bonds. The van der Waals surface area contributed by atoms with Gasteiger partial charge in [-0.25, -0.2) is 17.9 Å². The molecule has 0 spiro atoms. The molecule has 1 heterocycles. The van der Waals surface area contributed by atoms with Crippen LogP contribution in [0.2, 0.25) is 0 Å². The first-order valence-corrected chi connectivity index (χ1v) is 7.83. The Labute approximate surface area is 156 Å². The van der Waals surface area contributed by atoms with Gasteiger partial charge in [-0.1, -0.05) is 36.6 Å². The number of ether oxygens (including phenoxy) is 1. The maximum atomic E-state index is 13.5. The summed E-state index contributed by atoms with van der Waals surface area (Å²) in [5.74, 6) is -14.0. The number of halogens is 5. The van der Waals surface area contributed by atoms with E-state index in [1.165, 1.54) is 10.9 Å². The average Bonchev–Trinajstić information content (AvgIpc) is 3.13. The van der Waals surface area contributed by atoms with Gasteiger partial charge in [0.15, 0.2) is 0 Å². The van der Waals surface area contributed by atoms with Gasteiger partial charge in [0.25, 0.3) is 0 Å². The predicted molar refractivity (Wildman–Crippen MR) is 88.7 cm³/mol. The summed E-state index contributed by atoms with van der Waals surface area (Å²) >= 11 is 0. The lowest BCUT2D eigenvalue weighted by molar-refractivity contribution is -0.134. The molecule has 0 saturated carbocycles. The summed E-state index contributed by atoms with van der Waals surface area (Å²) < 4.78 is 72.2. The number of hydrogen-bond acceptors (Lipinski definition) is 4. The normalized spacial score (nSPS) is 11.4. The maximum Gasteiger partial charge on any atom is 0.311 e. The average molecular weight is 399 g/mol. The van der Waals surface area contributed by atoms with Crippen LogP contribution in [0.25, 0.3) is 0 Å². The van der Waals surface area contributed by atoms with Gasteiger partial charge in [0.2, 0.25) is 34.8 Å². The standard InChI is InChI=1S/C18H14F5N3O2/c1-3-5-10(4-2)9-26-11(8-24-25-26)6-7-12(27)28-18-16(22)14(20)13(19)15(21)17(18)23/h3-5,8H,1-2,6-7,9H2/b10-5+. The van der Waals surface area contributed by atoms with E-state index in [1.54, 1.807) is 18.2 Å². The molecular formula is C18H14F5N3O2. The second kappa shape index (κ2) is 9.07. The van der Waals surface area contributed by atoms with E-state index < -0.39 is 47.2 Å². The summed E-state index contributed by atoms with van der Waals surface area (Å²) in [6.07, 6.45) is 5.76. The molecule has 0 aliphatic rings. The number of carbonyl (C=O) groups is 1. The molecule has 2 rings (SSSR count). The number of aryl methyl sites for hydroxylation is 1. The zero-order chi connectivity index (χ0) is 20.8. The third-order valence-corrected chi connectivity index (χ3v) is 3.60. The number of benzene rings is 1. The van der Waals surface area contributed by atoms with E-state index in [-0.39, 0.29) is 13.0 Å². The fourth-order valence-electron chi connectivity index (χ4n) is 2.18. The first-order chi connectivity index (χ1) is 13.3. The predicted octanol–water partition coefficient (Wildman–Crippen LogP) is 3.81. The van der Waals surface area contributed by atoms with Crippen molar-refractivity contribution in [2.75, 3.05) is 0 Å². The smallest absolute Gasteiger partial charge is 0.311 e. The van der Waals surface area contributed by atoms with Crippen LogP contribution in [0.15, 0.2) is 43.2 Å². The summed E-state index contributed by atoms with van der Waals surface area (Å²) in [6.45, 7) is 7.48. The Morgan fingerprint density at radius 2 is 1.68 bits per heavy atom. The Hall–Kier alpha value is -3.30. The van der Waals surface area contributed by atoms with E-state index in [4.69, 9.17) is 0 Å². The van der Waals surface area contributed by atoms with Gasteiger partial charge in [-0.2, -0.15) is 8.78 Å². The molecule has 0 radical (unpaired) electrons. The summed E-state index contributed by atoms with van der Waals surface area (Å²) in [4.78, 5) is 11.8. The van der Waals surface area contributed by atoms with Gasteiger partial charge >= 0.3 is 5.97 Å². The third-order valence-electron chi connectivity index (χ3n) is 3.60. The maximum absolute atomic E-state index is 13.5. The van der Waals surface area contributed by atoms with Crippen molar-refractivity contribution in [3.05, 3.63) is 77.9 Å². The molecular weight excluding hydrogens is 385 g/mol. The minimum atomic E-state index is -2.34. The van der Waals surface area contributed by atoms with Crippen molar-refractivity contribution in [1.82, 2.24) is 15.0 Å². The molecule has 10 heteroatoms. The van der Waals surface area contributed by atoms with Crippen molar-refractivity contribution in [2.24, 2.45) is 0 Å². The lowest BCUT2D eigenvalue weighted by atomic mass is 10.2. The van der Waals surface area contributed by atoms with Crippen LogP contribution in [0.1, 0.15) is 12.1 Å². The highest BCUT2D eigenvalue weighted by Gasteiger charge is 2.28. The van der Waals surface area contributed by atoms with E-state index in [2.05, 4.69) is 28.2 Å². The molecule has 0 N–H and O–H groups in total. The van der Waals surface area contributed by atoms with Crippen LogP contribution in [0.4, 0.5) is 22.0 Å². The summed E-state index contributed by atoms with van der Waals surface area (Å²) in [6, 6.07) is 0. The van der Waals surface area contributed by atoms with Crippen molar-refractivity contribution in [3.63, 3.8) is 0 Å². The van der Waals surface area contributed by atoms with Gasteiger partial charge in [-0.05, 0) is 5.57 Å². The van der Waals surface area contributed by atoms with Gasteiger partial charge < -0.3 is 4.74 Å². The quantitative estimate of drug-likeness (QED) is 0.169. The van der Waals surface area contributed by atoms with E-state index in [9.17, 15) is 26.7 Å². The Balaban J connectivity index is 2.09. The Kier molecular flexibility index (Phi) is 6.80. The van der Waals surface area contributed by atoms with E-state index in [1.807, 2.05) is 0 Å². The van der Waals surface area contributed by atoms with Gasteiger partial charge in [0.05, 0.1) is 24.9 Å². The summed E-state index contributed by atoms with van der Waals surface area (Å²) in [5.41, 5.74) is 1.23. The monoisotopic (exact) mass is 399 g/mol. The van der Waals surface area contributed by atoms with E-state index >= 15 is 0 Å². The first-order valence-electron chi connectivity index (χ1n) is 7.83. The first kappa shape index (κ1) is 21.0. The Morgan fingerprint density at radius 1 is 1.07 bits per heavy atom. The van der Waals surface area contributed by atoms with Crippen LogP contribution in [0, 0.1) is 29.1 Å². The van der Waals surface area contributed by atoms with Crippen molar-refractivity contribution >= 4 is 5.97 Å². The Morgan fingerprint density at radius 3 is 2.25 bits per heavy atom. The van der Waals surface area contributed by atoms with Crippen LogP contribution in [0.3, 0.4) is 0 Å². The molecule has 1 aromatic heterocycles. The molecule has 1 aromatic carbocycles. The van der Waals surface area contributed by atoms with Crippen LogP contribution in [-0.4, -0.2) is 21.0 Å². The second-order valence-electron chi connectivity index (χ2n) is 5.44. The molecule has 0 bridgehead atoms. The fourth-order valence-corrected chi connectivity index (χ4v) is 2.18. The molecule has 148 valence electrons. The van der Waals surface area contributed by atoms with Crippen molar-refractivity contribution in [3.8, 4) is 5.75 Å². The lowest BCUT2D eigenvalue weighted by Gasteiger charge is -2.09. The molecule has 0 aliphatic heterocycles. The highest BCUT2D eigenvalue weighted by atomic mass is 19.2. The number of allylic oxidation sites excluding steroid dienone is 4. The van der Waals surface area contributed by atoms with Crippen LogP contribution >= 0.6 is 0 Å². The van der Waals surface area contributed by atoms with Crippen molar-refractivity contribution in [1.29, 1.82) is 0 Å². The largest absolute Gasteiger partial charge is 0.420 e. The molecule has 2 aromatic rings. The van der Waals surface area contributed by atoms with E-state index in [0.717, 1.165) is 5.57 Å². The molecule has 28 heavy (non-hydrogen) atoms. The van der Waals surface area contributed by atoms with Gasteiger partial charge in [0.1, 0.15) is 0 Å². The SMILES string of the molecule is C=C/C=C(\C=C)Cn1nncc1CCC(=O)Oc1c(F)c(F)c(F)c(F)c1F. The minimum absolute atomic E-state index is 0.000255. The van der Waals surface area contributed by atoms with Gasteiger partial charge in [-0.3, -0.25) is 4.79 Å². The molecule has 0 saturated heterocycles. The zero-order valence-corrected chi connectivity index (χ0v) is 14.4. The number of hydrogen-bond donors (Lipinski definition) is 0.